The Bertz CT molecular complexity index is 1040. The van der Waals surface area contributed by atoms with Gasteiger partial charge in [-0.15, -0.1) is 10.2 Å². The van der Waals surface area contributed by atoms with Crippen LogP contribution in [0.2, 0.25) is 0 Å². The standard InChI is InChI=1S/C19H17N5O2/c1-13(18-23-22-16-9-5-6-10-24(16)18)20-17(25)11-15-12-26-19(21-15)14-7-3-2-4-8-14/h2-10,12-13H,11H2,1H3,(H,20,25). The average Bonchev–Trinajstić information content (AvgIpc) is 3.29. The van der Waals surface area contributed by atoms with Gasteiger partial charge >= 0.3 is 0 Å². The fourth-order valence-corrected chi connectivity index (χ4v) is 2.78. The second kappa shape index (κ2) is 6.79. The summed E-state index contributed by atoms with van der Waals surface area (Å²) in [4.78, 5) is 16.7. The minimum atomic E-state index is -0.277. The van der Waals surface area contributed by atoms with Crippen molar-refractivity contribution in [2.45, 2.75) is 19.4 Å². The van der Waals surface area contributed by atoms with Crippen LogP contribution in [0.3, 0.4) is 0 Å². The second-order valence-electron chi connectivity index (χ2n) is 5.96. The Labute approximate surface area is 149 Å². The minimum Gasteiger partial charge on any atom is -0.444 e. The van der Waals surface area contributed by atoms with Crippen LogP contribution >= 0.6 is 0 Å². The summed E-state index contributed by atoms with van der Waals surface area (Å²) in [5.41, 5.74) is 2.20. The average molecular weight is 347 g/mol. The van der Waals surface area contributed by atoms with E-state index < -0.39 is 0 Å². The van der Waals surface area contributed by atoms with Gasteiger partial charge in [0.25, 0.3) is 0 Å². The van der Waals surface area contributed by atoms with Crippen LogP contribution in [0.1, 0.15) is 24.5 Å². The van der Waals surface area contributed by atoms with Crippen LogP contribution in [0.5, 0.6) is 0 Å². The normalized spacial score (nSPS) is 12.2. The summed E-state index contributed by atoms with van der Waals surface area (Å²) in [6, 6.07) is 15.0. The Hall–Kier alpha value is -3.48. The maximum Gasteiger partial charge on any atom is 0.226 e. The van der Waals surface area contributed by atoms with Crippen molar-refractivity contribution in [2.24, 2.45) is 0 Å². The lowest BCUT2D eigenvalue weighted by atomic mass is 10.2. The molecule has 3 heterocycles. The van der Waals surface area contributed by atoms with E-state index in [2.05, 4.69) is 20.5 Å². The number of oxazole rings is 1. The van der Waals surface area contributed by atoms with Gasteiger partial charge in [0.1, 0.15) is 6.26 Å². The summed E-state index contributed by atoms with van der Waals surface area (Å²) in [5, 5.41) is 11.2. The van der Waals surface area contributed by atoms with Crippen LogP contribution in [-0.4, -0.2) is 25.5 Å². The first kappa shape index (κ1) is 16.0. The highest BCUT2D eigenvalue weighted by atomic mass is 16.3. The zero-order chi connectivity index (χ0) is 17.9. The van der Waals surface area contributed by atoms with Gasteiger partial charge in [0, 0.05) is 11.8 Å². The van der Waals surface area contributed by atoms with Crippen molar-refractivity contribution in [2.75, 3.05) is 0 Å². The molecule has 0 aliphatic rings. The van der Waals surface area contributed by atoms with Crippen LogP contribution < -0.4 is 5.32 Å². The number of hydrogen-bond donors (Lipinski definition) is 1. The van der Waals surface area contributed by atoms with Gasteiger partial charge in [-0.1, -0.05) is 24.3 Å². The molecule has 0 bridgehead atoms. The Morgan fingerprint density at radius 2 is 1.96 bits per heavy atom. The number of carbonyl (C=O) groups excluding carboxylic acids is 1. The Kier molecular flexibility index (Phi) is 4.18. The molecule has 1 amide bonds. The smallest absolute Gasteiger partial charge is 0.226 e. The van der Waals surface area contributed by atoms with Gasteiger partial charge in [-0.2, -0.15) is 0 Å². The molecule has 0 aliphatic heterocycles. The first-order chi connectivity index (χ1) is 12.7. The summed E-state index contributed by atoms with van der Waals surface area (Å²) < 4.78 is 7.32. The molecule has 1 atom stereocenters. The van der Waals surface area contributed by atoms with Gasteiger partial charge in [-0.25, -0.2) is 4.98 Å². The lowest BCUT2D eigenvalue weighted by molar-refractivity contribution is -0.121. The molecule has 0 fully saturated rings. The number of amides is 1. The molecule has 0 saturated carbocycles. The Balaban J connectivity index is 1.43. The van der Waals surface area contributed by atoms with Crippen molar-refractivity contribution in [1.82, 2.24) is 24.9 Å². The lowest BCUT2D eigenvalue weighted by Gasteiger charge is -2.11. The van der Waals surface area contributed by atoms with E-state index in [4.69, 9.17) is 4.42 Å². The number of fused-ring (bicyclic) bond motifs is 1. The molecule has 1 aromatic carbocycles. The first-order valence-corrected chi connectivity index (χ1v) is 8.29. The van der Waals surface area contributed by atoms with E-state index in [1.54, 1.807) is 0 Å². The molecular weight excluding hydrogens is 330 g/mol. The van der Waals surface area contributed by atoms with E-state index >= 15 is 0 Å². The zero-order valence-electron chi connectivity index (χ0n) is 14.2. The van der Waals surface area contributed by atoms with Crippen molar-refractivity contribution in [3.63, 3.8) is 0 Å². The lowest BCUT2D eigenvalue weighted by Crippen LogP contribution is -2.29. The number of benzene rings is 1. The molecule has 0 spiro atoms. The Morgan fingerprint density at radius 1 is 1.15 bits per heavy atom. The molecule has 0 aliphatic carbocycles. The number of pyridine rings is 1. The summed E-state index contributed by atoms with van der Waals surface area (Å²) in [6.45, 7) is 1.87. The molecule has 130 valence electrons. The van der Waals surface area contributed by atoms with E-state index in [9.17, 15) is 4.79 Å². The predicted octanol–water partition coefficient (Wildman–Crippen LogP) is 2.80. The van der Waals surface area contributed by atoms with Gasteiger partial charge < -0.3 is 9.73 Å². The number of carbonyl (C=O) groups is 1. The summed E-state index contributed by atoms with van der Waals surface area (Å²) in [5.74, 6) is 1.03. The van der Waals surface area contributed by atoms with Crippen molar-refractivity contribution < 1.29 is 9.21 Å². The third-order valence-corrected chi connectivity index (χ3v) is 4.02. The van der Waals surface area contributed by atoms with Crippen LogP contribution in [0.15, 0.2) is 65.4 Å². The number of nitrogens with one attached hydrogen (secondary N) is 1. The number of nitrogens with zero attached hydrogens (tertiary/aromatic N) is 4. The van der Waals surface area contributed by atoms with Crippen LogP contribution in [0.4, 0.5) is 0 Å². The van der Waals surface area contributed by atoms with Crippen LogP contribution in [-0.2, 0) is 11.2 Å². The fourth-order valence-electron chi connectivity index (χ4n) is 2.78. The maximum atomic E-state index is 12.3. The molecule has 0 saturated heterocycles. The summed E-state index contributed by atoms with van der Waals surface area (Å²) in [7, 11) is 0. The van der Waals surface area contributed by atoms with Gasteiger partial charge in [0.15, 0.2) is 11.5 Å². The first-order valence-electron chi connectivity index (χ1n) is 8.29. The van der Waals surface area contributed by atoms with E-state index in [1.807, 2.05) is 66.1 Å². The number of hydrogen-bond acceptors (Lipinski definition) is 5. The van der Waals surface area contributed by atoms with E-state index in [1.165, 1.54) is 6.26 Å². The molecule has 4 rings (SSSR count). The van der Waals surface area contributed by atoms with E-state index in [0.717, 1.165) is 11.2 Å². The van der Waals surface area contributed by atoms with Crippen LogP contribution in [0, 0.1) is 0 Å². The van der Waals surface area contributed by atoms with E-state index in [-0.39, 0.29) is 18.4 Å². The molecular formula is C19H17N5O2. The molecule has 7 nitrogen and oxygen atoms in total. The largest absolute Gasteiger partial charge is 0.444 e. The zero-order valence-corrected chi connectivity index (χ0v) is 14.2. The van der Waals surface area contributed by atoms with E-state index in [0.29, 0.717) is 17.4 Å². The molecule has 0 radical (unpaired) electrons. The SMILES string of the molecule is CC(NC(=O)Cc1coc(-c2ccccc2)n1)c1nnc2ccccn12. The third-order valence-electron chi connectivity index (χ3n) is 4.02. The molecule has 1 N–H and O–H groups in total. The monoisotopic (exact) mass is 347 g/mol. The Morgan fingerprint density at radius 3 is 2.81 bits per heavy atom. The van der Waals surface area contributed by atoms with Gasteiger partial charge in [0.05, 0.1) is 18.2 Å². The molecule has 7 heteroatoms. The van der Waals surface area contributed by atoms with Gasteiger partial charge in [-0.05, 0) is 31.2 Å². The maximum absolute atomic E-state index is 12.3. The summed E-state index contributed by atoms with van der Waals surface area (Å²) in [6.07, 6.45) is 3.52. The summed E-state index contributed by atoms with van der Waals surface area (Å²) >= 11 is 0. The fraction of sp³-hybridized carbons (Fsp3) is 0.158. The number of rotatable bonds is 5. The van der Waals surface area contributed by atoms with Crippen molar-refractivity contribution >= 4 is 11.6 Å². The van der Waals surface area contributed by atoms with Gasteiger partial charge in [-0.3, -0.25) is 9.20 Å². The highest BCUT2D eigenvalue weighted by Gasteiger charge is 2.17. The molecule has 4 aromatic rings. The molecule has 1 unspecified atom stereocenters. The number of aromatic nitrogens is 4. The van der Waals surface area contributed by atoms with Crippen LogP contribution in [0.25, 0.3) is 17.1 Å². The van der Waals surface area contributed by atoms with Gasteiger partial charge in [0.2, 0.25) is 11.8 Å². The highest BCUT2D eigenvalue weighted by Crippen LogP contribution is 2.18. The van der Waals surface area contributed by atoms with Crippen molar-refractivity contribution in [3.05, 3.63) is 72.5 Å². The second-order valence-corrected chi connectivity index (χ2v) is 5.96. The third kappa shape index (κ3) is 3.19. The predicted molar refractivity (Wildman–Crippen MR) is 95.2 cm³/mol. The highest BCUT2D eigenvalue weighted by molar-refractivity contribution is 5.78. The quantitative estimate of drug-likeness (QED) is 0.600. The molecule has 3 aromatic heterocycles. The molecule has 26 heavy (non-hydrogen) atoms. The topological polar surface area (TPSA) is 85.3 Å². The van der Waals surface area contributed by atoms with Crippen molar-refractivity contribution in [3.8, 4) is 11.5 Å². The minimum absolute atomic E-state index is 0.136. The van der Waals surface area contributed by atoms with Crippen molar-refractivity contribution in [1.29, 1.82) is 0 Å².